The number of aromatic nitrogens is 1. The van der Waals surface area contributed by atoms with Crippen molar-refractivity contribution >= 4 is 27.1 Å². The van der Waals surface area contributed by atoms with Crippen LogP contribution in [-0.4, -0.2) is 73.6 Å². The van der Waals surface area contributed by atoms with Crippen molar-refractivity contribution in [3.63, 3.8) is 0 Å². The van der Waals surface area contributed by atoms with Crippen LogP contribution in [-0.2, 0) is 14.6 Å². The van der Waals surface area contributed by atoms with E-state index in [1.807, 2.05) is 13.8 Å². The number of nitrogens with zero attached hydrogens (tertiary/aromatic N) is 2. The molecule has 1 aromatic rings. The Kier molecular flexibility index (Phi) is 4.83. The molecule has 0 radical (unpaired) electrons. The van der Waals surface area contributed by atoms with Crippen LogP contribution in [0.3, 0.4) is 0 Å². The highest BCUT2D eigenvalue weighted by molar-refractivity contribution is 7.92. The minimum Gasteiger partial charge on any atom is -0.381 e. The van der Waals surface area contributed by atoms with Crippen LogP contribution in [0.5, 0.6) is 0 Å². The van der Waals surface area contributed by atoms with Gasteiger partial charge < -0.3 is 10.1 Å². The van der Waals surface area contributed by atoms with Crippen LogP contribution in [0.2, 0.25) is 0 Å². The van der Waals surface area contributed by atoms with Crippen molar-refractivity contribution in [1.29, 1.82) is 0 Å². The van der Waals surface area contributed by atoms with Crippen molar-refractivity contribution in [1.82, 2.24) is 15.2 Å². The number of rotatable bonds is 3. The summed E-state index contributed by atoms with van der Waals surface area (Å²) in [6, 6.07) is 0.0800. The molecule has 144 valence electrons. The molecule has 4 heterocycles. The van der Waals surface area contributed by atoms with Gasteiger partial charge in [-0.05, 0) is 26.7 Å². The zero-order valence-electron chi connectivity index (χ0n) is 15.1. The summed E-state index contributed by atoms with van der Waals surface area (Å²) in [6.45, 7) is 6.49. The molecule has 9 heteroatoms. The summed E-state index contributed by atoms with van der Waals surface area (Å²) in [5.74, 6) is -0.174. The number of sulfone groups is 1. The SMILES string of the molecule is Cc1nc(C)c(C(=O)N[C@@H]2CS(=O)(=O)[C@H]3CN(C4CCOCC4)C[C@@H]23)s1. The fourth-order valence-corrected chi connectivity index (χ4v) is 7.69. The molecule has 0 unspecified atom stereocenters. The van der Waals surface area contributed by atoms with Crippen molar-refractivity contribution < 1.29 is 17.9 Å². The molecule has 0 spiro atoms. The number of nitrogens with one attached hydrogen (secondary N) is 1. The molecule has 0 saturated carbocycles. The van der Waals surface area contributed by atoms with Crippen molar-refractivity contribution in [2.75, 3.05) is 32.1 Å². The molecule has 1 amide bonds. The lowest BCUT2D eigenvalue weighted by Crippen LogP contribution is -2.44. The Morgan fingerprint density at radius 3 is 2.65 bits per heavy atom. The predicted octanol–water partition coefficient (Wildman–Crippen LogP) is 0.766. The molecule has 3 aliphatic rings. The van der Waals surface area contributed by atoms with Gasteiger partial charge >= 0.3 is 0 Å². The first kappa shape index (κ1) is 18.3. The first-order valence-electron chi connectivity index (χ1n) is 9.13. The Morgan fingerprint density at radius 1 is 1.27 bits per heavy atom. The number of ether oxygens (including phenoxy) is 1. The third kappa shape index (κ3) is 3.30. The third-order valence-corrected chi connectivity index (χ3v) is 9.18. The number of thiazole rings is 1. The number of carbonyl (C=O) groups is 1. The highest BCUT2D eigenvalue weighted by atomic mass is 32.2. The summed E-state index contributed by atoms with van der Waals surface area (Å²) in [7, 11) is -3.18. The average molecular weight is 400 g/mol. The monoisotopic (exact) mass is 399 g/mol. The zero-order valence-corrected chi connectivity index (χ0v) is 16.7. The van der Waals surface area contributed by atoms with Crippen LogP contribution in [0.15, 0.2) is 0 Å². The van der Waals surface area contributed by atoms with E-state index in [0.29, 0.717) is 23.2 Å². The average Bonchev–Trinajstić information content (AvgIpc) is 3.24. The summed E-state index contributed by atoms with van der Waals surface area (Å²) < 4.78 is 30.7. The maximum atomic E-state index is 12.7. The zero-order chi connectivity index (χ0) is 18.5. The Morgan fingerprint density at radius 2 is 2.00 bits per heavy atom. The molecular formula is C17H25N3O4S2. The van der Waals surface area contributed by atoms with Gasteiger partial charge in [0.2, 0.25) is 0 Å². The van der Waals surface area contributed by atoms with Crippen LogP contribution in [0, 0.1) is 19.8 Å². The predicted molar refractivity (Wildman–Crippen MR) is 99.3 cm³/mol. The lowest BCUT2D eigenvalue weighted by Gasteiger charge is -2.32. The fourth-order valence-electron chi connectivity index (χ4n) is 4.57. The maximum absolute atomic E-state index is 12.7. The second kappa shape index (κ2) is 6.85. The Hall–Kier alpha value is -1.03. The fraction of sp³-hybridized carbons (Fsp3) is 0.765. The van der Waals surface area contributed by atoms with Gasteiger partial charge in [-0.1, -0.05) is 0 Å². The van der Waals surface area contributed by atoms with Gasteiger partial charge in [0.25, 0.3) is 5.91 Å². The van der Waals surface area contributed by atoms with Crippen molar-refractivity contribution in [3.05, 3.63) is 15.6 Å². The van der Waals surface area contributed by atoms with Gasteiger partial charge in [-0.15, -0.1) is 11.3 Å². The molecule has 3 aliphatic heterocycles. The Balaban J connectivity index is 1.49. The summed E-state index contributed by atoms with van der Waals surface area (Å²) in [4.78, 5) is 19.8. The molecule has 1 N–H and O–H groups in total. The molecule has 0 bridgehead atoms. The van der Waals surface area contributed by atoms with E-state index in [1.165, 1.54) is 11.3 Å². The third-order valence-electron chi connectivity index (χ3n) is 5.86. The summed E-state index contributed by atoms with van der Waals surface area (Å²) in [6.07, 6.45) is 1.91. The highest BCUT2D eigenvalue weighted by Gasteiger charge is 2.53. The molecule has 26 heavy (non-hydrogen) atoms. The number of aryl methyl sites for hydroxylation is 2. The Labute approximate surface area is 158 Å². The normalized spacial score (nSPS) is 31.8. The maximum Gasteiger partial charge on any atom is 0.263 e. The quantitative estimate of drug-likeness (QED) is 0.808. The van der Waals surface area contributed by atoms with Gasteiger partial charge in [-0.25, -0.2) is 13.4 Å². The van der Waals surface area contributed by atoms with E-state index in [1.54, 1.807) is 0 Å². The van der Waals surface area contributed by atoms with E-state index in [2.05, 4.69) is 15.2 Å². The second-order valence-corrected chi connectivity index (χ2v) is 11.0. The largest absolute Gasteiger partial charge is 0.381 e. The number of fused-ring (bicyclic) bond motifs is 1. The van der Waals surface area contributed by atoms with Gasteiger partial charge in [-0.2, -0.15) is 0 Å². The first-order chi connectivity index (χ1) is 12.3. The topological polar surface area (TPSA) is 88.6 Å². The van der Waals surface area contributed by atoms with Gasteiger partial charge in [0, 0.05) is 44.3 Å². The number of likely N-dealkylation sites (tertiary alicyclic amines) is 1. The molecule has 0 aromatic carbocycles. The first-order valence-corrected chi connectivity index (χ1v) is 11.7. The summed E-state index contributed by atoms with van der Waals surface area (Å²) >= 11 is 1.36. The number of carbonyl (C=O) groups excluding carboxylic acids is 1. The van der Waals surface area contributed by atoms with Crippen LogP contribution >= 0.6 is 11.3 Å². The van der Waals surface area contributed by atoms with Crippen molar-refractivity contribution in [2.45, 2.75) is 44.0 Å². The van der Waals surface area contributed by atoms with E-state index in [9.17, 15) is 13.2 Å². The van der Waals surface area contributed by atoms with Crippen molar-refractivity contribution in [2.24, 2.45) is 5.92 Å². The highest BCUT2D eigenvalue weighted by Crippen LogP contribution is 2.36. The van der Waals surface area contributed by atoms with Crippen molar-refractivity contribution in [3.8, 4) is 0 Å². The molecule has 1 aromatic heterocycles. The molecular weight excluding hydrogens is 374 g/mol. The molecule has 3 saturated heterocycles. The second-order valence-electron chi connectivity index (χ2n) is 7.56. The number of hydrogen-bond donors (Lipinski definition) is 1. The molecule has 3 atom stereocenters. The van der Waals surface area contributed by atoms with E-state index in [4.69, 9.17) is 4.74 Å². The minimum absolute atomic E-state index is 0.0267. The summed E-state index contributed by atoms with van der Waals surface area (Å²) in [5.41, 5.74) is 0.706. The molecule has 7 nitrogen and oxygen atoms in total. The Bertz CT molecular complexity index is 801. The van der Waals surface area contributed by atoms with E-state index < -0.39 is 9.84 Å². The van der Waals surface area contributed by atoms with Crippen LogP contribution < -0.4 is 5.32 Å². The molecule has 4 rings (SSSR count). The van der Waals surface area contributed by atoms with E-state index in [0.717, 1.165) is 37.6 Å². The number of amides is 1. The minimum atomic E-state index is -3.18. The smallest absolute Gasteiger partial charge is 0.263 e. The lowest BCUT2D eigenvalue weighted by atomic mass is 10.00. The lowest BCUT2D eigenvalue weighted by molar-refractivity contribution is 0.0406. The van der Waals surface area contributed by atoms with Gasteiger partial charge in [-0.3, -0.25) is 9.69 Å². The molecule has 3 fully saturated rings. The standard InChI is InChI=1S/C17H25N3O4S2/c1-10-16(25-11(2)18-10)17(21)19-14-9-26(22,23)15-8-20(7-13(14)15)12-3-5-24-6-4-12/h12-15H,3-9H2,1-2H3,(H,19,21)/t13-,14+,15-/m0/s1. The van der Waals surface area contributed by atoms with Gasteiger partial charge in [0.15, 0.2) is 9.84 Å². The van der Waals surface area contributed by atoms with Crippen LogP contribution in [0.4, 0.5) is 0 Å². The van der Waals surface area contributed by atoms with Crippen LogP contribution in [0.1, 0.15) is 33.2 Å². The van der Waals surface area contributed by atoms with E-state index in [-0.39, 0.29) is 28.9 Å². The van der Waals surface area contributed by atoms with Gasteiger partial charge in [0.1, 0.15) is 4.88 Å². The van der Waals surface area contributed by atoms with Gasteiger partial charge in [0.05, 0.1) is 21.7 Å². The summed E-state index contributed by atoms with van der Waals surface area (Å²) in [5, 5.41) is 3.48. The number of hydrogen-bond acceptors (Lipinski definition) is 7. The van der Waals surface area contributed by atoms with E-state index >= 15 is 0 Å². The van der Waals surface area contributed by atoms with Crippen LogP contribution in [0.25, 0.3) is 0 Å². The molecule has 0 aliphatic carbocycles.